The molecule has 12 nitrogen and oxygen atoms in total. The molecule has 0 saturated heterocycles. The quantitative estimate of drug-likeness (QED) is 0.108. The van der Waals surface area contributed by atoms with Crippen LogP contribution in [0.4, 0.5) is 10.5 Å². The van der Waals surface area contributed by atoms with E-state index in [1.807, 2.05) is 32.9 Å². The van der Waals surface area contributed by atoms with Gasteiger partial charge < -0.3 is 53.7 Å². The lowest BCUT2D eigenvalue weighted by molar-refractivity contribution is -0.0231. The lowest BCUT2D eigenvalue weighted by atomic mass is 10.1. The van der Waals surface area contributed by atoms with Crippen LogP contribution in [0.2, 0.25) is 0 Å². The van der Waals surface area contributed by atoms with Crippen LogP contribution in [0.1, 0.15) is 32.8 Å². The molecule has 244 valence electrons. The zero-order chi connectivity index (χ0) is 30.6. The average molecular weight is 603 g/mol. The number of rotatable bonds is 28. The third kappa shape index (κ3) is 26.8. The van der Waals surface area contributed by atoms with Gasteiger partial charge >= 0.3 is 6.09 Å². The number of ether oxygens (including phenoxy) is 9. The van der Waals surface area contributed by atoms with Crippen molar-refractivity contribution in [2.45, 2.75) is 39.2 Å². The number of carbonyl (C=O) groups is 1. The molecule has 0 heterocycles. The zero-order valence-electron chi connectivity index (χ0n) is 25.9. The highest BCUT2D eigenvalue weighted by molar-refractivity contribution is 5.67. The third-order valence-electron chi connectivity index (χ3n) is 5.25. The van der Waals surface area contributed by atoms with E-state index in [4.69, 9.17) is 48.4 Å². The lowest BCUT2D eigenvalue weighted by Crippen LogP contribution is -2.34. The van der Waals surface area contributed by atoms with Crippen LogP contribution >= 0.6 is 0 Å². The number of nitrogens with one attached hydrogen (secondary N) is 1. The number of alkyl carbamates (subject to hydrolysis) is 1. The summed E-state index contributed by atoms with van der Waals surface area (Å²) in [6, 6.07) is 7.94. The summed E-state index contributed by atoms with van der Waals surface area (Å²) >= 11 is 0. The number of amides is 1. The fraction of sp³-hybridized carbons (Fsp3) is 0.767. The highest BCUT2D eigenvalue weighted by Gasteiger charge is 2.15. The first-order valence-corrected chi connectivity index (χ1v) is 14.8. The van der Waals surface area contributed by atoms with Gasteiger partial charge in [0, 0.05) is 18.8 Å². The first-order valence-electron chi connectivity index (χ1n) is 14.8. The van der Waals surface area contributed by atoms with E-state index < -0.39 is 11.7 Å². The van der Waals surface area contributed by atoms with Gasteiger partial charge in [-0.25, -0.2) is 4.79 Å². The molecule has 12 heteroatoms. The summed E-state index contributed by atoms with van der Waals surface area (Å²) in [5, 5.41) is 2.63. The molecule has 0 aliphatic carbocycles. The predicted molar refractivity (Wildman–Crippen MR) is 160 cm³/mol. The van der Waals surface area contributed by atoms with E-state index in [1.165, 1.54) is 5.56 Å². The molecule has 0 fully saturated rings. The van der Waals surface area contributed by atoms with E-state index in [0.717, 1.165) is 18.5 Å². The Hall–Kier alpha value is -2.03. The van der Waals surface area contributed by atoms with Crippen molar-refractivity contribution in [2.24, 2.45) is 0 Å². The molecule has 0 unspecified atom stereocenters. The van der Waals surface area contributed by atoms with Gasteiger partial charge in [0.05, 0.1) is 99.1 Å². The minimum Gasteiger partial charge on any atom is -0.444 e. The van der Waals surface area contributed by atoms with Gasteiger partial charge in [0.15, 0.2) is 0 Å². The molecule has 0 saturated carbocycles. The topological polar surface area (TPSA) is 138 Å². The highest BCUT2D eigenvalue weighted by Crippen LogP contribution is 2.08. The van der Waals surface area contributed by atoms with Crippen molar-refractivity contribution in [2.75, 3.05) is 118 Å². The minimum atomic E-state index is -0.508. The number of nitrogen functional groups attached to an aromatic ring is 1. The molecule has 0 aliphatic heterocycles. The summed E-state index contributed by atoms with van der Waals surface area (Å²) in [6.07, 6.45) is 1.50. The smallest absolute Gasteiger partial charge is 0.407 e. The molecule has 0 aromatic heterocycles. The fourth-order valence-electron chi connectivity index (χ4n) is 3.24. The number of carbonyl (C=O) groups excluding carboxylic acids is 1. The molecule has 3 N–H and O–H groups in total. The van der Waals surface area contributed by atoms with Crippen LogP contribution in [0.25, 0.3) is 0 Å². The number of hydrogen-bond donors (Lipinski definition) is 2. The van der Waals surface area contributed by atoms with Crippen molar-refractivity contribution in [1.29, 1.82) is 0 Å². The summed E-state index contributed by atoms with van der Waals surface area (Å²) in [5.41, 5.74) is 7.24. The van der Waals surface area contributed by atoms with Crippen LogP contribution in [-0.4, -0.2) is 124 Å². The van der Waals surface area contributed by atoms with Gasteiger partial charge in [-0.1, -0.05) is 12.1 Å². The van der Waals surface area contributed by atoms with Crippen molar-refractivity contribution in [3.63, 3.8) is 0 Å². The van der Waals surface area contributed by atoms with Gasteiger partial charge in [-0.3, -0.25) is 0 Å². The Kier molecular flexibility index (Phi) is 24.1. The monoisotopic (exact) mass is 602 g/mol. The molecule has 0 bridgehead atoms. The predicted octanol–water partition coefficient (Wildman–Crippen LogP) is 2.86. The van der Waals surface area contributed by atoms with Gasteiger partial charge in [-0.05, 0) is 51.3 Å². The van der Waals surface area contributed by atoms with Crippen molar-refractivity contribution in [3.05, 3.63) is 29.8 Å². The molecular formula is C30H54N2O10. The maximum absolute atomic E-state index is 11.5. The Bertz CT molecular complexity index is 747. The molecule has 42 heavy (non-hydrogen) atoms. The third-order valence-corrected chi connectivity index (χ3v) is 5.25. The Labute approximate surface area is 251 Å². The first kappa shape index (κ1) is 38.0. The van der Waals surface area contributed by atoms with Crippen LogP contribution in [-0.2, 0) is 49.1 Å². The van der Waals surface area contributed by atoms with Crippen molar-refractivity contribution < 1.29 is 47.4 Å². The van der Waals surface area contributed by atoms with E-state index in [1.54, 1.807) is 0 Å². The number of aryl methyl sites for hydroxylation is 1. The number of anilines is 1. The van der Waals surface area contributed by atoms with Crippen LogP contribution in [0.5, 0.6) is 0 Å². The maximum atomic E-state index is 11.5. The molecule has 0 atom stereocenters. The molecule has 0 aliphatic rings. The molecule has 1 aromatic rings. The molecule has 1 aromatic carbocycles. The molecule has 0 radical (unpaired) electrons. The lowest BCUT2D eigenvalue weighted by Gasteiger charge is -2.19. The normalized spacial score (nSPS) is 11.6. The van der Waals surface area contributed by atoms with Crippen LogP contribution in [0, 0.1) is 0 Å². The van der Waals surface area contributed by atoms with Gasteiger partial charge in [0.2, 0.25) is 0 Å². The average Bonchev–Trinajstić information content (AvgIpc) is 2.94. The minimum absolute atomic E-state index is 0.387. The standard InChI is InChI=1S/C30H54N2O10/c1-30(2,3)42-29(33)32-10-12-35-14-16-37-18-20-39-22-24-41-26-25-40-23-21-38-19-17-36-15-13-34-11-4-5-27-6-8-28(31)9-7-27/h6-9H,4-5,10-26,31H2,1-3H3,(H,32,33). The molecular weight excluding hydrogens is 548 g/mol. The number of hydrogen-bond acceptors (Lipinski definition) is 11. The Morgan fingerprint density at radius 1 is 0.595 bits per heavy atom. The van der Waals surface area contributed by atoms with E-state index in [-0.39, 0.29) is 0 Å². The van der Waals surface area contributed by atoms with Crippen molar-refractivity contribution in [3.8, 4) is 0 Å². The SMILES string of the molecule is CC(C)(C)OC(=O)NCCOCCOCCOCCOCCOCCOCCOCCOCCCc1ccc(N)cc1. The van der Waals surface area contributed by atoms with E-state index in [0.29, 0.717) is 112 Å². The first-order chi connectivity index (χ1) is 20.4. The zero-order valence-corrected chi connectivity index (χ0v) is 25.9. The van der Waals surface area contributed by atoms with Crippen molar-refractivity contribution >= 4 is 11.8 Å². The summed E-state index contributed by atoms with van der Waals surface area (Å²) in [5.74, 6) is 0. The summed E-state index contributed by atoms with van der Waals surface area (Å²) in [6.45, 7) is 14.0. The van der Waals surface area contributed by atoms with E-state index >= 15 is 0 Å². The second-order valence-electron chi connectivity index (χ2n) is 10.2. The van der Waals surface area contributed by atoms with Crippen LogP contribution in [0.3, 0.4) is 0 Å². The van der Waals surface area contributed by atoms with Gasteiger partial charge in [0.1, 0.15) is 5.60 Å². The Morgan fingerprint density at radius 2 is 0.952 bits per heavy atom. The summed E-state index contributed by atoms with van der Waals surface area (Å²) in [4.78, 5) is 11.5. The second-order valence-corrected chi connectivity index (χ2v) is 10.2. The molecule has 0 spiro atoms. The van der Waals surface area contributed by atoms with Gasteiger partial charge in [0.25, 0.3) is 0 Å². The Balaban J connectivity index is 1.66. The summed E-state index contributed by atoms with van der Waals surface area (Å²) in [7, 11) is 0. The Morgan fingerprint density at radius 3 is 1.33 bits per heavy atom. The number of benzene rings is 1. The highest BCUT2D eigenvalue weighted by atomic mass is 16.6. The van der Waals surface area contributed by atoms with Crippen LogP contribution < -0.4 is 11.1 Å². The number of nitrogens with two attached hydrogens (primary N) is 1. The molecule has 1 rings (SSSR count). The van der Waals surface area contributed by atoms with Crippen LogP contribution in [0.15, 0.2) is 24.3 Å². The van der Waals surface area contributed by atoms with E-state index in [2.05, 4.69) is 17.4 Å². The largest absolute Gasteiger partial charge is 0.444 e. The second kappa shape index (κ2) is 26.6. The van der Waals surface area contributed by atoms with Gasteiger partial charge in [-0.2, -0.15) is 0 Å². The summed E-state index contributed by atoms with van der Waals surface area (Å²) < 4.78 is 48.9. The fourth-order valence-corrected chi connectivity index (χ4v) is 3.24. The molecule has 1 amide bonds. The van der Waals surface area contributed by atoms with Crippen molar-refractivity contribution in [1.82, 2.24) is 5.32 Å². The van der Waals surface area contributed by atoms with E-state index in [9.17, 15) is 4.79 Å². The maximum Gasteiger partial charge on any atom is 0.407 e. The van der Waals surface area contributed by atoms with Gasteiger partial charge in [-0.15, -0.1) is 0 Å².